The van der Waals surface area contributed by atoms with E-state index in [1.54, 1.807) is 6.20 Å². The number of rotatable bonds is 5. The number of nitrogens with two attached hydrogens (primary N) is 1. The van der Waals surface area contributed by atoms with Gasteiger partial charge in [-0.2, -0.15) is 0 Å². The molecule has 0 unspecified atom stereocenters. The molecule has 1 aliphatic heterocycles. The molecule has 7 heteroatoms. The molecule has 1 saturated carbocycles. The van der Waals surface area contributed by atoms with E-state index in [1.807, 2.05) is 12.1 Å². The Balaban J connectivity index is 1.50. The second-order valence-electron chi connectivity index (χ2n) is 6.87. The molecular formula is C18H26N4O3. The first-order valence-corrected chi connectivity index (χ1v) is 9.05. The third kappa shape index (κ3) is 4.84. The monoisotopic (exact) mass is 346 g/mol. The number of hydrogen-bond acceptors (Lipinski definition) is 4. The van der Waals surface area contributed by atoms with Gasteiger partial charge in [-0.05, 0) is 50.2 Å². The molecule has 2 heterocycles. The number of nitrogens with one attached hydrogen (secondary N) is 1. The number of primary amides is 1. The number of aromatic nitrogens is 1. The molecule has 3 rings (SSSR count). The van der Waals surface area contributed by atoms with Crippen LogP contribution in [0.15, 0.2) is 18.3 Å². The summed E-state index contributed by atoms with van der Waals surface area (Å²) in [5, 5.41) is 2.95. The van der Waals surface area contributed by atoms with E-state index in [9.17, 15) is 9.59 Å². The quantitative estimate of drug-likeness (QED) is 0.849. The number of ether oxygens (including phenoxy) is 1. The minimum Gasteiger partial charge on any atom is -0.474 e. The molecule has 3 N–H and O–H groups in total. The molecule has 0 spiro atoms. The highest BCUT2D eigenvalue weighted by Crippen LogP contribution is 2.23. The van der Waals surface area contributed by atoms with Gasteiger partial charge in [0.2, 0.25) is 11.8 Å². The number of carbonyl (C=O) groups is 2. The fraction of sp³-hybridized carbons (Fsp3) is 0.611. The summed E-state index contributed by atoms with van der Waals surface area (Å²) in [6.07, 6.45) is 8.15. The van der Waals surface area contributed by atoms with Crippen LogP contribution < -0.4 is 15.8 Å². The van der Waals surface area contributed by atoms with Crippen LogP contribution in [0.2, 0.25) is 0 Å². The van der Waals surface area contributed by atoms with Gasteiger partial charge in [-0.3, -0.25) is 4.79 Å². The van der Waals surface area contributed by atoms with E-state index >= 15 is 0 Å². The van der Waals surface area contributed by atoms with Gasteiger partial charge in [0, 0.05) is 31.9 Å². The normalized spacial score (nSPS) is 21.1. The van der Waals surface area contributed by atoms with Crippen LogP contribution in [0, 0.1) is 5.92 Å². The molecule has 25 heavy (non-hydrogen) atoms. The van der Waals surface area contributed by atoms with Crippen LogP contribution in [0.1, 0.15) is 44.1 Å². The van der Waals surface area contributed by atoms with Gasteiger partial charge in [0.05, 0.1) is 5.92 Å². The molecule has 1 aliphatic carbocycles. The number of urea groups is 1. The van der Waals surface area contributed by atoms with Crippen LogP contribution in [-0.2, 0) is 11.3 Å². The fourth-order valence-electron chi connectivity index (χ4n) is 3.53. The van der Waals surface area contributed by atoms with Gasteiger partial charge >= 0.3 is 6.03 Å². The minimum atomic E-state index is -0.458. The Bertz CT molecular complexity index is 616. The van der Waals surface area contributed by atoms with Crippen molar-refractivity contribution >= 4 is 11.9 Å². The van der Waals surface area contributed by atoms with Crippen LogP contribution in [0.5, 0.6) is 5.88 Å². The van der Waals surface area contributed by atoms with Crippen molar-refractivity contribution in [3.8, 4) is 5.88 Å². The zero-order valence-corrected chi connectivity index (χ0v) is 14.4. The average Bonchev–Trinajstić information content (AvgIpc) is 3.13. The van der Waals surface area contributed by atoms with E-state index in [0.29, 0.717) is 25.5 Å². The molecule has 2 aliphatic rings. The summed E-state index contributed by atoms with van der Waals surface area (Å²) >= 11 is 0. The van der Waals surface area contributed by atoms with Crippen molar-refractivity contribution in [1.82, 2.24) is 15.2 Å². The SMILES string of the molecule is NC(=O)N1CCC[C@@H](C(=O)NCc2ccnc(OC3CCCC3)c2)C1. The second kappa shape index (κ2) is 8.18. The van der Waals surface area contributed by atoms with Gasteiger partial charge in [0.1, 0.15) is 6.10 Å². The summed E-state index contributed by atoms with van der Waals surface area (Å²) in [7, 11) is 0. The van der Waals surface area contributed by atoms with Gasteiger partial charge < -0.3 is 20.7 Å². The Labute approximate surface area is 147 Å². The lowest BCUT2D eigenvalue weighted by Gasteiger charge is -2.30. The Kier molecular flexibility index (Phi) is 5.73. The maximum Gasteiger partial charge on any atom is 0.314 e. The number of likely N-dealkylation sites (tertiary alicyclic amines) is 1. The third-order valence-electron chi connectivity index (χ3n) is 4.96. The van der Waals surface area contributed by atoms with Gasteiger partial charge in [0.15, 0.2) is 0 Å². The van der Waals surface area contributed by atoms with Gasteiger partial charge in [0.25, 0.3) is 0 Å². The molecule has 1 aromatic heterocycles. The van der Waals surface area contributed by atoms with Crippen molar-refractivity contribution in [2.45, 2.75) is 51.2 Å². The topological polar surface area (TPSA) is 97.6 Å². The third-order valence-corrected chi connectivity index (χ3v) is 4.96. The highest BCUT2D eigenvalue weighted by atomic mass is 16.5. The Morgan fingerprint density at radius 2 is 2.08 bits per heavy atom. The van der Waals surface area contributed by atoms with E-state index in [-0.39, 0.29) is 17.9 Å². The summed E-state index contributed by atoms with van der Waals surface area (Å²) in [6.45, 7) is 1.45. The van der Waals surface area contributed by atoms with Crippen LogP contribution in [0.25, 0.3) is 0 Å². The second-order valence-corrected chi connectivity index (χ2v) is 6.87. The predicted molar refractivity (Wildman–Crippen MR) is 92.8 cm³/mol. The van der Waals surface area contributed by atoms with Crippen LogP contribution in [0.3, 0.4) is 0 Å². The lowest BCUT2D eigenvalue weighted by atomic mass is 9.97. The van der Waals surface area contributed by atoms with Crippen molar-refractivity contribution in [1.29, 1.82) is 0 Å². The molecule has 2 fully saturated rings. The smallest absolute Gasteiger partial charge is 0.314 e. The first kappa shape index (κ1) is 17.5. The van der Waals surface area contributed by atoms with E-state index < -0.39 is 6.03 Å². The maximum atomic E-state index is 12.4. The molecule has 0 radical (unpaired) electrons. The highest BCUT2D eigenvalue weighted by Gasteiger charge is 2.27. The van der Waals surface area contributed by atoms with E-state index in [1.165, 1.54) is 17.7 Å². The lowest BCUT2D eigenvalue weighted by molar-refractivity contribution is -0.126. The highest BCUT2D eigenvalue weighted by molar-refractivity contribution is 5.80. The summed E-state index contributed by atoms with van der Waals surface area (Å²) in [4.78, 5) is 29.4. The van der Waals surface area contributed by atoms with Crippen molar-refractivity contribution < 1.29 is 14.3 Å². The molecule has 0 aromatic carbocycles. The first-order chi connectivity index (χ1) is 12.1. The molecular weight excluding hydrogens is 320 g/mol. The Hall–Kier alpha value is -2.31. The van der Waals surface area contributed by atoms with E-state index in [2.05, 4.69) is 10.3 Å². The molecule has 1 aromatic rings. The first-order valence-electron chi connectivity index (χ1n) is 9.05. The molecule has 136 valence electrons. The van der Waals surface area contributed by atoms with Gasteiger partial charge in [-0.1, -0.05) is 0 Å². The minimum absolute atomic E-state index is 0.0407. The summed E-state index contributed by atoms with van der Waals surface area (Å²) in [5.74, 6) is 0.384. The summed E-state index contributed by atoms with van der Waals surface area (Å²) in [6, 6.07) is 3.30. The number of nitrogens with zero attached hydrogens (tertiary/aromatic N) is 2. The van der Waals surface area contributed by atoms with Crippen LogP contribution >= 0.6 is 0 Å². The van der Waals surface area contributed by atoms with E-state index in [4.69, 9.17) is 10.5 Å². The van der Waals surface area contributed by atoms with Crippen molar-refractivity contribution in [2.24, 2.45) is 11.7 Å². The van der Waals surface area contributed by atoms with Gasteiger partial charge in [-0.25, -0.2) is 9.78 Å². The number of amides is 3. The largest absolute Gasteiger partial charge is 0.474 e. The Morgan fingerprint density at radius 3 is 2.84 bits per heavy atom. The van der Waals surface area contributed by atoms with Crippen LogP contribution in [-0.4, -0.2) is 41.0 Å². The zero-order valence-electron chi connectivity index (χ0n) is 14.4. The van der Waals surface area contributed by atoms with E-state index in [0.717, 1.165) is 31.2 Å². The fourth-order valence-corrected chi connectivity index (χ4v) is 3.53. The maximum absolute atomic E-state index is 12.4. The van der Waals surface area contributed by atoms with Crippen molar-refractivity contribution in [3.63, 3.8) is 0 Å². The van der Waals surface area contributed by atoms with Gasteiger partial charge in [-0.15, -0.1) is 0 Å². The molecule has 1 saturated heterocycles. The number of pyridine rings is 1. The number of piperidine rings is 1. The zero-order chi connectivity index (χ0) is 17.6. The molecule has 3 amide bonds. The summed E-state index contributed by atoms with van der Waals surface area (Å²) in [5.41, 5.74) is 6.27. The van der Waals surface area contributed by atoms with Crippen molar-refractivity contribution in [2.75, 3.05) is 13.1 Å². The molecule has 7 nitrogen and oxygen atoms in total. The molecule has 0 bridgehead atoms. The number of hydrogen-bond donors (Lipinski definition) is 2. The number of carbonyl (C=O) groups excluding carboxylic acids is 2. The molecule has 1 atom stereocenters. The summed E-state index contributed by atoms with van der Waals surface area (Å²) < 4.78 is 5.90. The van der Waals surface area contributed by atoms with Crippen molar-refractivity contribution in [3.05, 3.63) is 23.9 Å². The lowest BCUT2D eigenvalue weighted by Crippen LogP contribution is -2.47. The Morgan fingerprint density at radius 1 is 1.28 bits per heavy atom. The average molecular weight is 346 g/mol. The standard InChI is InChI=1S/C18H26N4O3/c19-18(24)22-9-3-4-14(12-22)17(23)21-11-13-7-8-20-16(10-13)25-15-5-1-2-6-15/h7-8,10,14-15H,1-6,9,11-12H2,(H2,19,24)(H,21,23)/t14-/m1/s1. The predicted octanol–water partition coefficient (Wildman–Crippen LogP) is 1.81. The van der Waals surface area contributed by atoms with Crippen LogP contribution in [0.4, 0.5) is 4.79 Å².